The predicted octanol–water partition coefficient (Wildman–Crippen LogP) is 2.82. The van der Waals surface area contributed by atoms with E-state index in [9.17, 15) is 9.90 Å². The number of aromatic carboxylic acids is 1. The van der Waals surface area contributed by atoms with Crippen molar-refractivity contribution in [1.82, 2.24) is 9.97 Å². The maximum atomic E-state index is 11.2. The number of hydrogen-bond donors (Lipinski definition) is 0. The molecule has 3 rings (SSSR count). The second kappa shape index (κ2) is 5.46. The Bertz CT molecular complexity index is 843. The van der Waals surface area contributed by atoms with Gasteiger partial charge in [-0.2, -0.15) is 0 Å². The fraction of sp³-hybridized carbons (Fsp3) is 0.133. The predicted molar refractivity (Wildman–Crippen MR) is 81.8 cm³/mol. The number of carbonyl (C=O) groups excluding carboxylic acids is 1. The van der Waals surface area contributed by atoms with E-state index in [2.05, 4.69) is 9.97 Å². The monoisotopic (exact) mass is 315 g/mol. The summed E-state index contributed by atoms with van der Waals surface area (Å²) >= 11 is 2.96. The molecule has 0 aliphatic carbocycles. The van der Waals surface area contributed by atoms with Crippen LogP contribution >= 0.6 is 23.1 Å². The number of thiophene rings is 1. The lowest BCUT2D eigenvalue weighted by molar-refractivity contribution is -0.255. The van der Waals surface area contributed by atoms with Crippen LogP contribution in [0.3, 0.4) is 0 Å². The van der Waals surface area contributed by atoms with Gasteiger partial charge in [0, 0.05) is 20.7 Å². The molecule has 0 spiro atoms. The van der Waals surface area contributed by atoms with Crippen molar-refractivity contribution in [2.75, 3.05) is 0 Å². The molecule has 0 fully saturated rings. The van der Waals surface area contributed by atoms with Crippen molar-refractivity contribution >= 4 is 39.3 Å². The smallest absolute Gasteiger partial charge is 0.128 e. The maximum absolute atomic E-state index is 11.2. The molecule has 0 aliphatic heterocycles. The van der Waals surface area contributed by atoms with E-state index >= 15 is 0 Å². The number of carbonyl (C=O) groups is 1. The first kappa shape index (κ1) is 14.0. The highest BCUT2D eigenvalue weighted by Gasteiger charge is 2.14. The fourth-order valence-corrected chi connectivity index (χ4v) is 4.19. The van der Waals surface area contributed by atoms with Gasteiger partial charge in [-0.05, 0) is 25.5 Å². The topological polar surface area (TPSA) is 65.9 Å². The van der Waals surface area contributed by atoms with E-state index in [0.29, 0.717) is 4.90 Å². The molecule has 0 saturated carbocycles. The average Bonchev–Trinajstić information content (AvgIpc) is 2.75. The van der Waals surface area contributed by atoms with E-state index in [4.69, 9.17) is 0 Å². The molecule has 21 heavy (non-hydrogen) atoms. The van der Waals surface area contributed by atoms with Crippen LogP contribution in [0.2, 0.25) is 0 Å². The van der Waals surface area contributed by atoms with Crippen molar-refractivity contribution in [3.63, 3.8) is 0 Å². The van der Waals surface area contributed by atoms with Gasteiger partial charge in [-0.25, -0.2) is 9.97 Å². The molecule has 0 aliphatic rings. The molecular weight excluding hydrogens is 304 g/mol. The summed E-state index contributed by atoms with van der Waals surface area (Å²) in [7, 11) is 0. The van der Waals surface area contributed by atoms with Gasteiger partial charge in [-0.3, -0.25) is 0 Å². The Morgan fingerprint density at radius 1 is 1.24 bits per heavy atom. The van der Waals surface area contributed by atoms with Crippen molar-refractivity contribution in [1.29, 1.82) is 0 Å². The minimum atomic E-state index is -1.18. The molecule has 0 radical (unpaired) electrons. The lowest BCUT2D eigenvalue weighted by atomic mass is 10.2. The summed E-state index contributed by atoms with van der Waals surface area (Å²) in [6, 6.07) is 6.80. The fourth-order valence-electron chi connectivity index (χ4n) is 2.06. The Balaban J connectivity index is 2.13. The van der Waals surface area contributed by atoms with E-state index in [1.165, 1.54) is 23.0 Å². The highest BCUT2D eigenvalue weighted by molar-refractivity contribution is 7.99. The van der Waals surface area contributed by atoms with Gasteiger partial charge >= 0.3 is 0 Å². The van der Waals surface area contributed by atoms with Crippen molar-refractivity contribution in [3.8, 4) is 0 Å². The molecule has 0 N–H and O–H groups in total. The third-order valence-corrected chi connectivity index (χ3v) is 5.44. The molecule has 106 valence electrons. The first-order valence-electron chi connectivity index (χ1n) is 6.27. The highest BCUT2D eigenvalue weighted by atomic mass is 32.2. The van der Waals surface area contributed by atoms with Gasteiger partial charge in [0.1, 0.15) is 16.2 Å². The summed E-state index contributed by atoms with van der Waals surface area (Å²) in [5.74, 6) is -1.18. The molecule has 2 aromatic heterocycles. The number of nitrogens with zero attached hydrogens (tertiary/aromatic N) is 2. The molecule has 0 unspecified atom stereocenters. The van der Waals surface area contributed by atoms with Crippen LogP contribution in [0.25, 0.3) is 10.2 Å². The Hall–Kier alpha value is -1.92. The van der Waals surface area contributed by atoms with Crippen LogP contribution in [0.4, 0.5) is 0 Å². The van der Waals surface area contributed by atoms with Gasteiger partial charge < -0.3 is 9.90 Å². The molecule has 3 aromatic rings. The molecule has 6 heteroatoms. The van der Waals surface area contributed by atoms with Crippen LogP contribution in [0.15, 0.2) is 40.5 Å². The third kappa shape index (κ3) is 2.52. The number of aryl methyl sites for hydroxylation is 2. The van der Waals surface area contributed by atoms with Crippen LogP contribution < -0.4 is 5.11 Å². The van der Waals surface area contributed by atoms with E-state index in [1.807, 2.05) is 13.8 Å². The van der Waals surface area contributed by atoms with Crippen molar-refractivity contribution < 1.29 is 9.90 Å². The van der Waals surface area contributed by atoms with Crippen LogP contribution in [-0.2, 0) is 0 Å². The molecule has 2 heterocycles. The quantitative estimate of drug-likeness (QED) is 0.695. The number of rotatable bonds is 3. The Morgan fingerprint density at radius 2 is 2.00 bits per heavy atom. The van der Waals surface area contributed by atoms with Gasteiger partial charge in [0.15, 0.2) is 0 Å². The van der Waals surface area contributed by atoms with Crippen LogP contribution in [0, 0.1) is 13.8 Å². The summed E-state index contributed by atoms with van der Waals surface area (Å²) in [6.07, 6.45) is 1.52. The molecule has 0 saturated heterocycles. The number of hydrogen-bond acceptors (Lipinski definition) is 6. The van der Waals surface area contributed by atoms with Gasteiger partial charge in [0.2, 0.25) is 0 Å². The van der Waals surface area contributed by atoms with E-state index in [1.54, 1.807) is 35.6 Å². The van der Waals surface area contributed by atoms with Gasteiger partial charge in [-0.1, -0.05) is 30.0 Å². The van der Waals surface area contributed by atoms with Gasteiger partial charge in [-0.15, -0.1) is 11.3 Å². The van der Waals surface area contributed by atoms with Crippen molar-refractivity contribution in [2.24, 2.45) is 0 Å². The lowest BCUT2D eigenvalue weighted by Gasteiger charge is -2.09. The zero-order valence-electron chi connectivity index (χ0n) is 11.4. The molecule has 0 atom stereocenters. The normalized spacial score (nSPS) is 11.0. The van der Waals surface area contributed by atoms with Crippen LogP contribution in [0.1, 0.15) is 20.8 Å². The first-order valence-corrected chi connectivity index (χ1v) is 7.90. The van der Waals surface area contributed by atoms with E-state index in [-0.39, 0.29) is 5.56 Å². The summed E-state index contributed by atoms with van der Waals surface area (Å²) in [5, 5.41) is 13.0. The van der Waals surface area contributed by atoms with E-state index < -0.39 is 5.97 Å². The lowest BCUT2D eigenvalue weighted by Crippen LogP contribution is -2.22. The third-order valence-electron chi connectivity index (χ3n) is 3.24. The Morgan fingerprint density at radius 3 is 2.76 bits per heavy atom. The minimum Gasteiger partial charge on any atom is -0.545 e. The molecule has 0 amide bonds. The van der Waals surface area contributed by atoms with E-state index in [0.717, 1.165) is 20.8 Å². The van der Waals surface area contributed by atoms with Crippen LogP contribution in [-0.4, -0.2) is 15.9 Å². The average molecular weight is 315 g/mol. The highest BCUT2D eigenvalue weighted by Crippen LogP contribution is 2.38. The first-order chi connectivity index (χ1) is 10.1. The number of benzene rings is 1. The molecule has 0 bridgehead atoms. The van der Waals surface area contributed by atoms with Crippen molar-refractivity contribution in [2.45, 2.75) is 23.8 Å². The SMILES string of the molecule is Cc1sc2ncnc(Sc3ccccc3C(=O)[O-])c2c1C. The summed E-state index contributed by atoms with van der Waals surface area (Å²) in [5.41, 5.74) is 1.32. The van der Waals surface area contributed by atoms with Gasteiger partial charge in [0.25, 0.3) is 0 Å². The molecule has 4 nitrogen and oxygen atoms in total. The Kier molecular flexibility index (Phi) is 3.65. The molecule has 1 aromatic carbocycles. The van der Waals surface area contributed by atoms with Crippen molar-refractivity contribution in [3.05, 3.63) is 46.6 Å². The number of carboxylic acid groups (broad SMARTS) is 1. The number of fused-ring (bicyclic) bond motifs is 1. The number of aromatic nitrogens is 2. The number of carboxylic acids is 1. The standard InChI is InChI=1S/C15H12N2O2S2/c1-8-9(2)20-13-12(8)14(17-7-16-13)21-11-6-4-3-5-10(11)15(18)19/h3-7H,1-2H3,(H,18,19)/p-1. The summed E-state index contributed by atoms with van der Waals surface area (Å²) < 4.78 is 0. The summed E-state index contributed by atoms with van der Waals surface area (Å²) in [6.45, 7) is 4.08. The second-order valence-corrected chi connectivity index (χ2v) is 6.76. The van der Waals surface area contributed by atoms with Crippen LogP contribution in [0.5, 0.6) is 0 Å². The maximum Gasteiger partial charge on any atom is 0.128 e. The molecular formula is C15H11N2O2S2-. The summed E-state index contributed by atoms with van der Waals surface area (Å²) in [4.78, 5) is 22.5. The van der Waals surface area contributed by atoms with Gasteiger partial charge in [0.05, 0.1) is 5.97 Å². The second-order valence-electron chi connectivity index (χ2n) is 4.53. The Labute approximate surface area is 129 Å². The zero-order chi connectivity index (χ0) is 15.0. The minimum absolute atomic E-state index is 0.180. The largest absolute Gasteiger partial charge is 0.545 e. The zero-order valence-corrected chi connectivity index (χ0v) is 13.0.